The van der Waals surface area contributed by atoms with E-state index in [9.17, 15) is 0 Å². The standard InChI is InChI=1S/C20H21BrO/c1-10-11(2)14-6-5-13-9-17(22-4)20(21)16-8-7-15(12(10)3)19(14)18(13)16/h9H,5-8H2,1-4H3. The molecule has 0 atom stereocenters. The topological polar surface area (TPSA) is 9.23 Å². The second-order valence-corrected chi connectivity index (χ2v) is 7.41. The summed E-state index contributed by atoms with van der Waals surface area (Å²) in [6, 6.07) is 2.24. The van der Waals surface area contributed by atoms with E-state index in [0.717, 1.165) is 35.9 Å². The smallest absolute Gasteiger partial charge is 0.133 e. The Balaban J connectivity index is 2.14. The molecule has 114 valence electrons. The average molecular weight is 357 g/mol. The van der Waals surface area contributed by atoms with Crippen molar-refractivity contribution < 1.29 is 4.74 Å². The van der Waals surface area contributed by atoms with Crippen LogP contribution in [0.2, 0.25) is 0 Å². The molecule has 2 heteroatoms. The molecule has 0 aliphatic heterocycles. The van der Waals surface area contributed by atoms with Gasteiger partial charge in [-0.15, -0.1) is 0 Å². The van der Waals surface area contributed by atoms with Gasteiger partial charge in [0.25, 0.3) is 0 Å². The molecule has 0 heterocycles. The van der Waals surface area contributed by atoms with Crippen LogP contribution in [0.25, 0.3) is 11.1 Å². The molecule has 0 radical (unpaired) electrons. The van der Waals surface area contributed by atoms with Gasteiger partial charge in [0.05, 0.1) is 11.6 Å². The van der Waals surface area contributed by atoms with Gasteiger partial charge in [-0.05, 0) is 119 Å². The van der Waals surface area contributed by atoms with E-state index < -0.39 is 0 Å². The summed E-state index contributed by atoms with van der Waals surface area (Å²) in [5, 5.41) is 0. The predicted octanol–water partition coefficient (Wildman–Crippen LogP) is 5.25. The lowest BCUT2D eigenvalue weighted by atomic mass is 9.72. The van der Waals surface area contributed by atoms with Gasteiger partial charge in [-0.1, -0.05) is 0 Å². The Morgan fingerprint density at radius 2 is 1.41 bits per heavy atom. The van der Waals surface area contributed by atoms with Gasteiger partial charge in [-0.25, -0.2) is 0 Å². The largest absolute Gasteiger partial charge is 0.496 e. The molecule has 0 spiro atoms. The highest BCUT2D eigenvalue weighted by Crippen LogP contribution is 2.49. The maximum Gasteiger partial charge on any atom is 0.133 e. The number of halogens is 1. The number of methoxy groups -OCH3 is 1. The van der Waals surface area contributed by atoms with Gasteiger partial charge in [-0.3, -0.25) is 0 Å². The fraction of sp³-hybridized carbons (Fsp3) is 0.400. The number of rotatable bonds is 1. The molecule has 0 N–H and O–H groups in total. The molecule has 0 amide bonds. The Labute approximate surface area is 140 Å². The van der Waals surface area contributed by atoms with Gasteiger partial charge >= 0.3 is 0 Å². The monoisotopic (exact) mass is 356 g/mol. The summed E-state index contributed by atoms with van der Waals surface area (Å²) in [4.78, 5) is 0. The summed E-state index contributed by atoms with van der Waals surface area (Å²) in [6.45, 7) is 6.89. The fourth-order valence-corrected chi connectivity index (χ4v) is 5.04. The number of aryl methyl sites for hydroxylation is 1. The Morgan fingerprint density at radius 1 is 0.818 bits per heavy atom. The highest BCUT2D eigenvalue weighted by Gasteiger charge is 2.31. The molecular formula is C20H21BrO. The van der Waals surface area contributed by atoms with E-state index in [0.29, 0.717) is 0 Å². The van der Waals surface area contributed by atoms with Crippen LogP contribution in [0.5, 0.6) is 5.75 Å². The van der Waals surface area contributed by atoms with Gasteiger partial charge < -0.3 is 4.74 Å². The number of hydrogen-bond acceptors (Lipinski definition) is 1. The summed E-state index contributed by atoms with van der Waals surface area (Å²) in [5.74, 6) is 0.987. The van der Waals surface area contributed by atoms with E-state index in [1.54, 1.807) is 23.8 Å². The van der Waals surface area contributed by atoms with Crippen molar-refractivity contribution in [3.63, 3.8) is 0 Å². The zero-order valence-corrected chi connectivity index (χ0v) is 15.3. The van der Waals surface area contributed by atoms with Crippen LogP contribution < -0.4 is 4.74 Å². The quantitative estimate of drug-likeness (QED) is 0.678. The van der Waals surface area contributed by atoms with Gasteiger partial charge in [0, 0.05) is 0 Å². The molecule has 22 heavy (non-hydrogen) atoms. The Hall–Kier alpha value is -1.28. The maximum absolute atomic E-state index is 5.58. The first-order valence-electron chi connectivity index (χ1n) is 8.04. The lowest BCUT2D eigenvalue weighted by molar-refractivity contribution is 0.411. The molecule has 2 aliphatic carbocycles. The zero-order valence-electron chi connectivity index (χ0n) is 13.7. The Morgan fingerprint density at radius 3 is 2.05 bits per heavy atom. The van der Waals surface area contributed by atoms with Crippen molar-refractivity contribution in [2.24, 2.45) is 0 Å². The van der Waals surface area contributed by atoms with Crippen LogP contribution >= 0.6 is 15.9 Å². The first-order chi connectivity index (χ1) is 10.5. The van der Waals surface area contributed by atoms with Crippen molar-refractivity contribution in [3.8, 4) is 16.9 Å². The summed E-state index contributed by atoms with van der Waals surface area (Å²) < 4.78 is 6.74. The molecule has 0 bridgehead atoms. The average Bonchev–Trinajstić information content (AvgIpc) is 2.54. The van der Waals surface area contributed by atoms with Gasteiger partial charge in [0.2, 0.25) is 0 Å². The summed E-state index contributed by atoms with van der Waals surface area (Å²) in [7, 11) is 1.77. The minimum atomic E-state index is 0.987. The van der Waals surface area contributed by atoms with Crippen LogP contribution in [0.1, 0.15) is 38.9 Å². The third-order valence-electron chi connectivity index (χ3n) is 5.78. The summed E-state index contributed by atoms with van der Waals surface area (Å²) in [6.07, 6.45) is 4.54. The highest BCUT2D eigenvalue weighted by molar-refractivity contribution is 9.10. The highest BCUT2D eigenvalue weighted by atomic mass is 79.9. The normalized spacial score (nSPS) is 14.8. The van der Waals surface area contributed by atoms with E-state index in [4.69, 9.17) is 4.74 Å². The fourth-order valence-electron chi connectivity index (χ4n) is 4.37. The molecule has 0 saturated carbocycles. The number of benzene rings is 2. The van der Waals surface area contributed by atoms with Gasteiger partial charge in [-0.2, -0.15) is 0 Å². The third-order valence-corrected chi connectivity index (χ3v) is 6.65. The molecule has 1 nitrogen and oxygen atoms in total. The van der Waals surface area contributed by atoms with E-state index in [1.807, 2.05) is 0 Å². The van der Waals surface area contributed by atoms with Crippen molar-refractivity contribution in [3.05, 3.63) is 49.5 Å². The molecule has 2 aromatic rings. The minimum Gasteiger partial charge on any atom is -0.496 e. The van der Waals surface area contributed by atoms with Crippen LogP contribution in [0.3, 0.4) is 0 Å². The van der Waals surface area contributed by atoms with E-state index in [2.05, 4.69) is 42.8 Å². The molecule has 0 aromatic heterocycles. The van der Waals surface area contributed by atoms with Crippen molar-refractivity contribution in [2.75, 3.05) is 7.11 Å². The molecule has 2 aliphatic rings. The lowest BCUT2D eigenvalue weighted by Gasteiger charge is -2.34. The first kappa shape index (κ1) is 14.3. The van der Waals surface area contributed by atoms with E-state index in [1.165, 1.54) is 33.4 Å². The van der Waals surface area contributed by atoms with Crippen molar-refractivity contribution >= 4 is 15.9 Å². The molecule has 2 aromatic carbocycles. The second-order valence-electron chi connectivity index (χ2n) is 6.61. The third kappa shape index (κ3) is 1.70. The first-order valence-corrected chi connectivity index (χ1v) is 8.84. The Bertz CT molecular complexity index is 794. The van der Waals surface area contributed by atoms with Crippen LogP contribution in [0.4, 0.5) is 0 Å². The maximum atomic E-state index is 5.58. The Kier molecular flexibility index (Phi) is 3.16. The lowest BCUT2D eigenvalue weighted by Crippen LogP contribution is -2.18. The minimum absolute atomic E-state index is 0.987. The number of hydrogen-bond donors (Lipinski definition) is 0. The molecule has 0 saturated heterocycles. The molecular weight excluding hydrogens is 336 g/mol. The van der Waals surface area contributed by atoms with Gasteiger partial charge in [0.15, 0.2) is 0 Å². The van der Waals surface area contributed by atoms with Crippen molar-refractivity contribution in [1.29, 1.82) is 0 Å². The molecule has 4 rings (SSSR count). The predicted molar refractivity (Wildman–Crippen MR) is 95.2 cm³/mol. The second kappa shape index (κ2) is 4.86. The van der Waals surface area contributed by atoms with E-state index in [-0.39, 0.29) is 0 Å². The molecule has 0 fully saturated rings. The summed E-state index contributed by atoms with van der Waals surface area (Å²) in [5.41, 5.74) is 13.6. The van der Waals surface area contributed by atoms with Crippen molar-refractivity contribution in [1.82, 2.24) is 0 Å². The van der Waals surface area contributed by atoms with Crippen LogP contribution in [-0.2, 0) is 25.7 Å². The summed E-state index contributed by atoms with van der Waals surface area (Å²) >= 11 is 3.79. The number of ether oxygens (including phenoxy) is 1. The van der Waals surface area contributed by atoms with E-state index >= 15 is 0 Å². The van der Waals surface area contributed by atoms with Crippen LogP contribution in [0, 0.1) is 20.8 Å². The van der Waals surface area contributed by atoms with Crippen LogP contribution in [0.15, 0.2) is 10.5 Å². The van der Waals surface area contributed by atoms with Crippen molar-refractivity contribution in [2.45, 2.75) is 46.5 Å². The molecule has 0 unspecified atom stereocenters. The SMILES string of the molecule is COc1cc2c3c(c1Br)CCc1c(C)c(C)c(C)c(c1-3)CC2. The zero-order chi connectivity index (χ0) is 15.6. The van der Waals surface area contributed by atoms with Crippen LogP contribution in [-0.4, -0.2) is 7.11 Å². The van der Waals surface area contributed by atoms with Gasteiger partial charge in [0.1, 0.15) is 5.75 Å².